The summed E-state index contributed by atoms with van der Waals surface area (Å²) in [7, 11) is 0. The second-order valence-electron chi connectivity index (χ2n) is 6.83. The van der Waals surface area contributed by atoms with E-state index in [9.17, 15) is 14.7 Å². The Bertz CT molecular complexity index is 391. The Hall–Kier alpha value is -1.10. The highest BCUT2D eigenvalue weighted by molar-refractivity contribution is 5.80. The molecular weight excluding hydrogens is 256 g/mol. The molecule has 0 saturated heterocycles. The molecule has 0 heterocycles. The van der Waals surface area contributed by atoms with Gasteiger partial charge in [0.05, 0.1) is 5.41 Å². The highest BCUT2D eigenvalue weighted by Crippen LogP contribution is 2.37. The van der Waals surface area contributed by atoms with Gasteiger partial charge in [-0.1, -0.05) is 25.7 Å². The Labute approximate surface area is 120 Å². The molecule has 2 fully saturated rings. The average molecular weight is 282 g/mol. The van der Waals surface area contributed by atoms with Crippen molar-refractivity contribution in [2.75, 3.05) is 0 Å². The third kappa shape index (κ3) is 3.14. The molecule has 114 valence electrons. The van der Waals surface area contributed by atoms with Crippen molar-refractivity contribution in [3.05, 3.63) is 0 Å². The first-order chi connectivity index (χ1) is 9.36. The van der Waals surface area contributed by atoms with Crippen LogP contribution in [0.2, 0.25) is 0 Å². The van der Waals surface area contributed by atoms with Crippen LogP contribution in [0.15, 0.2) is 0 Å². The molecule has 20 heavy (non-hydrogen) atoms. The van der Waals surface area contributed by atoms with Gasteiger partial charge in [-0.2, -0.15) is 0 Å². The number of amides is 1. The molecule has 2 aliphatic rings. The third-order valence-corrected chi connectivity index (χ3v) is 5.14. The summed E-state index contributed by atoms with van der Waals surface area (Å²) in [5, 5.41) is 12.4. The maximum atomic E-state index is 12.2. The van der Waals surface area contributed by atoms with E-state index in [0.29, 0.717) is 12.8 Å². The van der Waals surface area contributed by atoms with Crippen molar-refractivity contribution < 1.29 is 14.7 Å². The lowest BCUT2D eigenvalue weighted by atomic mass is 9.71. The first kappa shape index (κ1) is 15.3. The zero-order chi connectivity index (χ0) is 14.8. The predicted molar refractivity (Wildman–Crippen MR) is 76.1 cm³/mol. The third-order valence-electron chi connectivity index (χ3n) is 5.14. The molecule has 0 aromatic carbocycles. The molecule has 2 unspecified atom stereocenters. The second-order valence-corrected chi connectivity index (χ2v) is 6.83. The van der Waals surface area contributed by atoms with Gasteiger partial charge in [-0.25, -0.2) is 0 Å². The van der Waals surface area contributed by atoms with E-state index in [1.807, 2.05) is 0 Å². The van der Waals surface area contributed by atoms with Crippen LogP contribution in [0.25, 0.3) is 0 Å². The van der Waals surface area contributed by atoms with E-state index in [1.54, 1.807) is 6.92 Å². The van der Waals surface area contributed by atoms with Crippen molar-refractivity contribution >= 4 is 11.9 Å². The molecule has 0 bridgehead atoms. The fourth-order valence-corrected chi connectivity index (χ4v) is 3.64. The van der Waals surface area contributed by atoms with Gasteiger partial charge >= 0.3 is 5.97 Å². The van der Waals surface area contributed by atoms with Crippen molar-refractivity contribution in [1.82, 2.24) is 5.32 Å². The van der Waals surface area contributed by atoms with Crippen LogP contribution in [-0.2, 0) is 9.59 Å². The number of carbonyl (C=O) groups is 2. The number of carboxylic acids is 1. The molecule has 5 nitrogen and oxygen atoms in total. The van der Waals surface area contributed by atoms with Crippen molar-refractivity contribution in [1.29, 1.82) is 0 Å². The van der Waals surface area contributed by atoms with Gasteiger partial charge in [-0.15, -0.1) is 0 Å². The maximum Gasteiger partial charge on any atom is 0.311 e. The monoisotopic (exact) mass is 282 g/mol. The molecule has 0 aromatic heterocycles. The first-order valence-electron chi connectivity index (χ1n) is 7.67. The fraction of sp³-hybridized carbons (Fsp3) is 0.867. The van der Waals surface area contributed by atoms with Crippen LogP contribution in [0, 0.1) is 5.41 Å². The van der Waals surface area contributed by atoms with E-state index in [0.717, 1.165) is 44.9 Å². The summed E-state index contributed by atoms with van der Waals surface area (Å²) < 4.78 is 0. The standard InChI is InChI=1S/C15H26N2O3/c1-14(13(19)20)7-3-2-6-11(14)17-12(18)10-15(16)8-4-5-9-15/h11H,2-10,16H2,1H3,(H,17,18)(H,19,20). The summed E-state index contributed by atoms with van der Waals surface area (Å²) >= 11 is 0. The molecule has 1 amide bonds. The summed E-state index contributed by atoms with van der Waals surface area (Å²) in [5.41, 5.74) is 5.00. The van der Waals surface area contributed by atoms with E-state index >= 15 is 0 Å². The van der Waals surface area contributed by atoms with Gasteiger partial charge in [-0.3, -0.25) is 9.59 Å². The van der Waals surface area contributed by atoms with E-state index in [2.05, 4.69) is 5.32 Å². The molecule has 4 N–H and O–H groups in total. The van der Waals surface area contributed by atoms with E-state index in [1.165, 1.54) is 0 Å². The lowest BCUT2D eigenvalue weighted by Gasteiger charge is -2.38. The number of aliphatic carboxylic acids is 1. The molecule has 0 aliphatic heterocycles. The zero-order valence-corrected chi connectivity index (χ0v) is 12.3. The highest BCUT2D eigenvalue weighted by atomic mass is 16.4. The van der Waals surface area contributed by atoms with Crippen molar-refractivity contribution in [2.45, 2.75) is 76.3 Å². The van der Waals surface area contributed by atoms with Gasteiger partial charge in [0.2, 0.25) is 5.91 Å². The average Bonchev–Trinajstić information content (AvgIpc) is 2.78. The minimum Gasteiger partial charge on any atom is -0.481 e. The molecular formula is C15H26N2O3. The molecule has 0 radical (unpaired) electrons. The summed E-state index contributed by atoms with van der Waals surface area (Å²) in [6.07, 6.45) is 7.52. The Morgan fingerprint density at radius 2 is 1.80 bits per heavy atom. The number of carbonyl (C=O) groups excluding carboxylic acids is 1. The number of nitrogens with one attached hydrogen (secondary N) is 1. The minimum atomic E-state index is -0.842. The summed E-state index contributed by atoms with van der Waals surface area (Å²) in [6, 6.07) is -0.272. The largest absolute Gasteiger partial charge is 0.481 e. The minimum absolute atomic E-state index is 0.0891. The van der Waals surface area contributed by atoms with Gasteiger partial charge < -0.3 is 16.2 Å². The second kappa shape index (κ2) is 5.72. The quantitative estimate of drug-likeness (QED) is 0.733. The summed E-state index contributed by atoms with van der Waals surface area (Å²) in [4.78, 5) is 23.7. The molecule has 0 spiro atoms. The van der Waals surface area contributed by atoms with Gasteiger partial charge in [0.1, 0.15) is 0 Å². The molecule has 0 aromatic rings. The van der Waals surface area contributed by atoms with Crippen molar-refractivity contribution in [3.8, 4) is 0 Å². The molecule has 5 heteroatoms. The van der Waals surface area contributed by atoms with Crippen LogP contribution < -0.4 is 11.1 Å². The van der Waals surface area contributed by atoms with E-state index in [-0.39, 0.29) is 17.5 Å². The Morgan fingerprint density at radius 3 is 2.40 bits per heavy atom. The fourth-order valence-electron chi connectivity index (χ4n) is 3.64. The van der Waals surface area contributed by atoms with E-state index in [4.69, 9.17) is 5.73 Å². The van der Waals surface area contributed by atoms with Gasteiger partial charge in [0.25, 0.3) is 0 Å². The van der Waals surface area contributed by atoms with Crippen molar-refractivity contribution in [3.63, 3.8) is 0 Å². The lowest BCUT2D eigenvalue weighted by molar-refractivity contribution is -0.152. The molecule has 2 atom stereocenters. The van der Waals surface area contributed by atoms with Crippen LogP contribution in [0.1, 0.15) is 64.7 Å². The molecule has 2 saturated carbocycles. The van der Waals surface area contributed by atoms with Crippen LogP contribution >= 0.6 is 0 Å². The topological polar surface area (TPSA) is 92.4 Å². The SMILES string of the molecule is CC1(C(=O)O)CCCCC1NC(=O)CC1(N)CCCC1. The Balaban J connectivity index is 1.96. The zero-order valence-electron chi connectivity index (χ0n) is 12.3. The predicted octanol–water partition coefficient (Wildman–Crippen LogP) is 1.80. The van der Waals surface area contributed by atoms with Crippen LogP contribution in [0.3, 0.4) is 0 Å². The molecule has 2 rings (SSSR count). The lowest BCUT2D eigenvalue weighted by Crippen LogP contribution is -2.53. The van der Waals surface area contributed by atoms with Gasteiger partial charge in [0.15, 0.2) is 0 Å². The summed E-state index contributed by atoms with van der Waals surface area (Å²) in [6.45, 7) is 1.74. The Kier molecular flexibility index (Phi) is 4.37. The molecule has 2 aliphatic carbocycles. The van der Waals surface area contributed by atoms with Gasteiger partial charge in [-0.05, 0) is 32.6 Å². The number of hydrogen-bond acceptors (Lipinski definition) is 3. The van der Waals surface area contributed by atoms with Crippen LogP contribution in [0.5, 0.6) is 0 Å². The number of hydrogen-bond donors (Lipinski definition) is 3. The highest BCUT2D eigenvalue weighted by Gasteiger charge is 2.44. The Morgan fingerprint density at radius 1 is 1.20 bits per heavy atom. The number of rotatable bonds is 4. The van der Waals surface area contributed by atoms with Crippen molar-refractivity contribution in [2.24, 2.45) is 11.1 Å². The summed E-state index contributed by atoms with van der Waals surface area (Å²) in [5.74, 6) is -0.903. The van der Waals surface area contributed by atoms with Crippen LogP contribution in [-0.4, -0.2) is 28.6 Å². The smallest absolute Gasteiger partial charge is 0.311 e. The normalized spacial score (nSPS) is 32.8. The number of carboxylic acid groups (broad SMARTS) is 1. The first-order valence-corrected chi connectivity index (χ1v) is 7.67. The number of nitrogens with two attached hydrogens (primary N) is 1. The van der Waals surface area contributed by atoms with Gasteiger partial charge in [0, 0.05) is 18.0 Å². The van der Waals surface area contributed by atoms with Crippen LogP contribution in [0.4, 0.5) is 0 Å². The van der Waals surface area contributed by atoms with E-state index < -0.39 is 11.4 Å². The maximum absolute atomic E-state index is 12.2.